The van der Waals surface area contributed by atoms with E-state index < -0.39 is 0 Å². The van der Waals surface area contributed by atoms with Gasteiger partial charge in [0, 0.05) is 18.2 Å². The molecule has 1 N–H and O–H groups in total. The van der Waals surface area contributed by atoms with E-state index in [1.807, 2.05) is 29.7 Å². The van der Waals surface area contributed by atoms with Crippen molar-refractivity contribution in [1.82, 2.24) is 14.7 Å². The first-order valence-corrected chi connectivity index (χ1v) is 6.80. The van der Waals surface area contributed by atoms with Crippen LogP contribution in [-0.4, -0.2) is 28.9 Å². The maximum absolute atomic E-state index is 5.38. The zero-order chi connectivity index (χ0) is 15.0. The Morgan fingerprint density at radius 2 is 1.95 bits per heavy atom. The van der Waals surface area contributed by atoms with Crippen LogP contribution < -0.4 is 9.47 Å². The fourth-order valence-electron chi connectivity index (χ4n) is 2.29. The van der Waals surface area contributed by atoms with Crippen LogP contribution in [-0.2, 0) is 6.54 Å². The molecule has 7 heteroatoms. The molecule has 0 aliphatic rings. The Morgan fingerprint density at radius 1 is 1.24 bits per heavy atom. The lowest BCUT2D eigenvalue weighted by molar-refractivity contribution is 0.355. The first-order chi connectivity index (χ1) is 10.1. The predicted octanol–water partition coefficient (Wildman–Crippen LogP) is 3.06. The highest BCUT2D eigenvalue weighted by molar-refractivity contribution is 7.71. The topological polar surface area (TPSA) is 65.2 Å². The van der Waals surface area contributed by atoms with Crippen molar-refractivity contribution in [2.24, 2.45) is 0 Å². The summed E-state index contributed by atoms with van der Waals surface area (Å²) in [5.74, 6) is 2.06. The second-order valence-corrected chi connectivity index (χ2v) is 5.06. The van der Waals surface area contributed by atoms with Crippen molar-refractivity contribution >= 4 is 23.3 Å². The van der Waals surface area contributed by atoms with Gasteiger partial charge in [-0.05, 0) is 19.1 Å². The molecule has 0 fully saturated rings. The van der Waals surface area contributed by atoms with Crippen LogP contribution in [0.1, 0.15) is 11.5 Å². The molecule has 0 aliphatic carbocycles. The Hall–Kier alpha value is -2.28. The summed E-state index contributed by atoms with van der Waals surface area (Å²) < 4.78 is 18.4. The molecule has 3 rings (SSSR count). The Bertz CT molecular complexity index is 847. The minimum Gasteiger partial charge on any atom is -0.493 e. The van der Waals surface area contributed by atoms with E-state index >= 15 is 0 Å². The Balaban J connectivity index is 2.13. The highest BCUT2D eigenvalue weighted by Gasteiger charge is 2.12. The third-order valence-corrected chi connectivity index (χ3v) is 3.59. The highest BCUT2D eigenvalue weighted by atomic mass is 32.1. The van der Waals surface area contributed by atoms with Crippen LogP contribution in [0.25, 0.3) is 11.0 Å². The molecule has 0 aliphatic heterocycles. The van der Waals surface area contributed by atoms with Gasteiger partial charge in [-0.2, -0.15) is 0 Å². The van der Waals surface area contributed by atoms with E-state index in [0.29, 0.717) is 22.8 Å². The van der Waals surface area contributed by atoms with E-state index in [4.69, 9.17) is 26.2 Å². The van der Waals surface area contributed by atoms with Gasteiger partial charge in [-0.1, -0.05) is 5.16 Å². The molecule has 0 bridgehead atoms. The van der Waals surface area contributed by atoms with E-state index in [9.17, 15) is 0 Å². The lowest BCUT2D eigenvalue weighted by atomic mass is 10.2. The summed E-state index contributed by atoms with van der Waals surface area (Å²) in [6.45, 7) is 2.39. The number of imidazole rings is 1. The summed E-state index contributed by atoms with van der Waals surface area (Å²) in [4.78, 5) is 3.16. The summed E-state index contributed by atoms with van der Waals surface area (Å²) in [7, 11) is 3.21. The SMILES string of the molecule is COc1cc2[nH]c(=S)n(Cc3cc(C)no3)c2cc1OC. The van der Waals surface area contributed by atoms with E-state index in [1.165, 1.54) is 0 Å². The number of rotatable bonds is 4. The second-order valence-electron chi connectivity index (χ2n) is 4.68. The number of aromatic nitrogens is 3. The Kier molecular flexibility index (Phi) is 3.42. The maximum atomic E-state index is 5.38. The normalized spacial score (nSPS) is 11.0. The summed E-state index contributed by atoms with van der Waals surface area (Å²) in [6.07, 6.45) is 0. The molecule has 3 aromatic rings. The van der Waals surface area contributed by atoms with Gasteiger partial charge in [0.25, 0.3) is 0 Å². The van der Waals surface area contributed by atoms with Crippen LogP contribution in [0.15, 0.2) is 22.7 Å². The number of H-pyrrole nitrogens is 1. The molecule has 1 aromatic carbocycles. The summed E-state index contributed by atoms with van der Waals surface area (Å²) in [6, 6.07) is 5.65. The van der Waals surface area contributed by atoms with Crippen molar-refractivity contribution in [2.75, 3.05) is 14.2 Å². The molecular formula is C14H15N3O3S. The van der Waals surface area contributed by atoms with Gasteiger partial charge < -0.3 is 23.5 Å². The molecule has 0 atom stereocenters. The molecule has 0 unspecified atom stereocenters. The largest absolute Gasteiger partial charge is 0.493 e. The first-order valence-electron chi connectivity index (χ1n) is 6.39. The third-order valence-electron chi connectivity index (χ3n) is 3.27. The fourth-order valence-corrected chi connectivity index (χ4v) is 2.56. The number of fused-ring (bicyclic) bond motifs is 1. The Labute approximate surface area is 126 Å². The van der Waals surface area contributed by atoms with Crippen molar-refractivity contribution in [3.63, 3.8) is 0 Å². The van der Waals surface area contributed by atoms with Gasteiger partial charge in [0.15, 0.2) is 22.0 Å². The van der Waals surface area contributed by atoms with Gasteiger partial charge in [0.2, 0.25) is 0 Å². The maximum Gasteiger partial charge on any atom is 0.178 e. The average molecular weight is 305 g/mol. The molecule has 6 nitrogen and oxygen atoms in total. The van der Waals surface area contributed by atoms with Crippen LogP contribution in [0.2, 0.25) is 0 Å². The number of hydrogen-bond acceptors (Lipinski definition) is 5. The minimum atomic E-state index is 0.509. The van der Waals surface area contributed by atoms with E-state index in [-0.39, 0.29) is 0 Å². The minimum absolute atomic E-state index is 0.509. The molecule has 0 spiro atoms. The molecule has 2 aromatic heterocycles. The zero-order valence-electron chi connectivity index (χ0n) is 12.0. The number of hydrogen-bond donors (Lipinski definition) is 1. The first kappa shape index (κ1) is 13.7. The predicted molar refractivity (Wildman–Crippen MR) is 80.6 cm³/mol. The number of nitrogens with zero attached hydrogens (tertiary/aromatic N) is 2. The smallest absolute Gasteiger partial charge is 0.178 e. The summed E-state index contributed by atoms with van der Waals surface area (Å²) in [5.41, 5.74) is 2.65. The lowest BCUT2D eigenvalue weighted by Gasteiger charge is -2.08. The molecule has 0 radical (unpaired) electrons. The van der Waals surface area contributed by atoms with Crippen molar-refractivity contribution in [1.29, 1.82) is 0 Å². The molecule has 110 valence electrons. The summed E-state index contributed by atoms with van der Waals surface area (Å²) in [5, 5.41) is 3.89. The van der Waals surface area contributed by atoms with Gasteiger partial charge in [0.1, 0.15) is 0 Å². The molecule has 0 amide bonds. The monoisotopic (exact) mass is 305 g/mol. The van der Waals surface area contributed by atoms with E-state index in [1.54, 1.807) is 14.2 Å². The van der Waals surface area contributed by atoms with Crippen LogP contribution in [0.4, 0.5) is 0 Å². The van der Waals surface area contributed by atoms with E-state index in [0.717, 1.165) is 22.5 Å². The van der Waals surface area contributed by atoms with Crippen LogP contribution in [0, 0.1) is 11.7 Å². The second kappa shape index (κ2) is 5.25. The quantitative estimate of drug-likeness (QED) is 0.750. The number of aromatic amines is 1. The Morgan fingerprint density at radius 3 is 2.57 bits per heavy atom. The molecule has 21 heavy (non-hydrogen) atoms. The number of benzene rings is 1. The van der Waals surface area contributed by atoms with Crippen LogP contribution in [0.3, 0.4) is 0 Å². The van der Waals surface area contributed by atoms with Crippen molar-refractivity contribution in [2.45, 2.75) is 13.5 Å². The molecule has 0 saturated carbocycles. The van der Waals surface area contributed by atoms with Crippen molar-refractivity contribution in [3.8, 4) is 11.5 Å². The van der Waals surface area contributed by atoms with Gasteiger partial charge in [-0.3, -0.25) is 0 Å². The molecular weight excluding hydrogens is 290 g/mol. The van der Waals surface area contributed by atoms with Gasteiger partial charge in [0.05, 0.1) is 37.5 Å². The van der Waals surface area contributed by atoms with Crippen molar-refractivity contribution < 1.29 is 14.0 Å². The zero-order valence-corrected chi connectivity index (χ0v) is 12.8. The van der Waals surface area contributed by atoms with Gasteiger partial charge >= 0.3 is 0 Å². The number of aryl methyl sites for hydroxylation is 1. The third kappa shape index (κ3) is 2.40. The lowest BCUT2D eigenvalue weighted by Crippen LogP contribution is -1.99. The van der Waals surface area contributed by atoms with Crippen LogP contribution >= 0.6 is 12.2 Å². The van der Waals surface area contributed by atoms with Crippen molar-refractivity contribution in [3.05, 3.63) is 34.4 Å². The molecule has 0 saturated heterocycles. The average Bonchev–Trinajstić information content (AvgIpc) is 3.02. The highest BCUT2D eigenvalue weighted by Crippen LogP contribution is 2.32. The number of nitrogens with one attached hydrogen (secondary N) is 1. The summed E-state index contributed by atoms with van der Waals surface area (Å²) >= 11 is 5.38. The van der Waals surface area contributed by atoms with Crippen LogP contribution in [0.5, 0.6) is 11.5 Å². The van der Waals surface area contributed by atoms with E-state index in [2.05, 4.69) is 10.1 Å². The number of methoxy groups -OCH3 is 2. The van der Waals surface area contributed by atoms with Gasteiger partial charge in [-0.15, -0.1) is 0 Å². The van der Waals surface area contributed by atoms with Gasteiger partial charge in [-0.25, -0.2) is 0 Å². The fraction of sp³-hybridized carbons (Fsp3) is 0.286. The number of ether oxygens (including phenoxy) is 2. The standard InChI is InChI=1S/C14H15N3O3S/c1-8-4-9(20-16-8)7-17-11-6-13(19-3)12(18-2)5-10(11)15-14(17)21/h4-6H,7H2,1-3H3,(H,15,21). The molecule has 2 heterocycles.